The van der Waals surface area contributed by atoms with Gasteiger partial charge in [-0.05, 0) is 36.7 Å². The van der Waals surface area contributed by atoms with Gasteiger partial charge in [-0.15, -0.1) is 0 Å². The molecule has 0 saturated carbocycles. The maximum absolute atomic E-state index is 2.41. The molecule has 0 spiro atoms. The van der Waals surface area contributed by atoms with Gasteiger partial charge in [-0.2, -0.15) is 0 Å². The summed E-state index contributed by atoms with van der Waals surface area (Å²) in [5.74, 6) is 0. The Morgan fingerprint density at radius 2 is 0.963 bits per heavy atom. The van der Waals surface area contributed by atoms with Crippen molar-refractivity contribution in [2.24, 2.45) is 0 Å². The smallest absolute Gasteiger partial charge is 0.0138 e. The van der Waals surface area contributed by atoms with E-state index in [0.29, 0.717) is 0 Å². The third kappa shape index (κ3) is 10.3. The fourth-order valence-corrected chi connectivity index (χ4v) is 4.77. The molecule has 1 heteroatoms. The molecule has 2 aromatic carbocycles. The molecule has 0 fully saturated rings. The summed E-state index contributed by atoms with van der Waals surface area (Å²) in [5, 5.41) is 4.35. The Labute approximate surface area is 171 Å². The van der Waals surface area contributed by atoms with Crippen molar-refractivity contribution in [1.29, 1.82) is 0 Å². The summed E-state index contributed by atoms with van der Waals surface area (Å²) < 4.78 is 0. The lowest BCUT2D eigenvalue weighted by Gasteiger charge is -2.21. The third-order valence-corrected chi connectivity index (χ3v) is 5.74. The Bertz CT molecular complexity index is 543. The Balaban J connectivity index is 0. The molecule has 0 nitrogen and oxygen atoms in total. The minimum atomic E-state index is -0.395. The van der Waals surface area contributed by atoms with E-state index in [4.69, 9.17) is 0 Å². The van der Waals surface area contributed by atoms with Crippen LogP contribution in [0.25, 0.3) is 0 Å². The third-order valence-electron chi connectivity index (χ3n) is 3.26. The number of hydrogen-bond acceptors (Lipinski definition) is 0. The summed E-state index contributed by atoms with van der Waals surface area (Å²) >= 11 is 0. The van der Waals surface area contributed by atoms with Crippen molar-refractivity contribution < 1.29 is 0 Å². The molecule has 0 unspecified atom stereocenters. The molecule has 0 saturated heterocycles. The maximum Gasteiger partial charge on any atom is -0.0138 e. The van der Waals surface area contributed by atoms with Crippen LogP contribution in [-0.4, -0.2) is 0 Å². The molecule has 0 heterocycles. The highest BCUT2D eigenvalue weighted by Gasteiger charge is 2.17. The van der Waals surface area contributed by atoms with E-state index in [1.807, 2.05) is 55.4 Å². The summed E-state index contributed by atoms with van der Waals surface area (Å²) in [4.78, 5) is 0. The Morgan fingerprint density at radius 3 is 1.30 bits per heavy atom. The molecule has 27 heavy (non-hydrogen) atoms. The van der Waals surface area contributed by atoms with E-state index in [-0.39, 0.29) is 0 Å². The summed E-state index contributed by atoms with van der Waals surface area (Å²) in [7, 11) is -0.395. The van der Waals surface area contributed by atoms with Crippen LogP contribution in [-0.2, 0) is 0 Å². The average molecular weight is 385 g/mol. The van der Waals surface area contributed by atoms with Gasteiger partial charge < -0.3 is 0 Å². The zero-order valence-corrected chi connectivity index (χ0v) is 19.8. The van der Waals surface area contributed by atoms with Gasteiger partial charge in [0.2, 0.25) is 0 Å². The molecule has 0 N–H and O–H groups in total. The lowest BCUT2D eigenvalue weighted by Crippen LogP contribution is -2.12. The first-order chi connectivity index (χ1) is 13.4. The fraction of sp³-hybridized carbons (Fsp3) is 0.385. The molecule has 0 amide bonds. The van der Waals surface area contributed by atoms with Gasteiger partial charge in [0.1, 0.15) is 0 Å². The van der Waals surface area contributed by atoms with E-state index in [1.165, 1.54) is 28.8 Å². The first-order valence-corrected chi connectivity index (χ1v) is 12.1. The minimum Gasteiger partial charge on any atom is -0.0836 e. The van der Waals surface area contributed by atoms with Crippen molar-refractivity contribution in [3.05, 3.63) is 84.2 Å². The number of hydrogen-bond donors (Lipinski definition) is 0. The van der Waals surface area contributed by atoms with Crippen LogP contribution in [0.2, 0.25) is 0 Å². The van der Waals surface area contributed by atoms with Crippen molar-refractivity contribution in [2.45, 2.75) is 68.2 Å². The zero-order valence-electron chi connectivity index (χ0n) is 18.9. The van der Waals surface area contributed by atoms with E-state index in [1.54, 1.807) is 0 Å². The van der Waals surface area contributed by atoms with Crippen LogP contribution in [0.1, 0.15) is 68.2 Å². The van der Waals surface area contributed by atoms with Crippen LogP contribution >= 0.6 is 7.92 Å². The molecule has 0 radical (unpaired) electrons. The highest BCUT2D eigenvalue weighted by atomic mass is 31.1. The molecule has 3 rings (SSSR count). The fourth-order valence-electron chi connectivity index (χ4n) is 2.37. The predicted octanol–water partition coefficient (Wildman–Crippen LogP) is 8.46. The van der Waals surface area contributed by atoms with E-state index in [2.05, 4.69) is 78.9 Å². The number of allylic oxidation sites excluding steroid dienone is 4. The Morgan fingerprint density at radius 1 is 0.556 bits per heavy atom. The largest absolute Gasteiger partial charge is 0.0836 e. The van der Waals surface area contributed by atoms with E-state index in [9.17, 15) is 0 Å². The van der Waals surface area contributed by atoms with Gasteiger partial charge in [-0.3, -0.25) is 0 Å². The summed E-state index contributed by atoms with van der Waals surface area (Å²) in [6.45, 7) is 16.0. The first-order valence-electron chi connectivity index (χ1n) is 10.7. The summed E-state index contributed by atoms with van der Waals surface area (Å²) in [5.41, 5.74) is 0. The molecular formula is C26H41P. The van der Waals surface area contributed by atoms with Crippen LogP contribution < -0.4 is 10.6 Å². The molecule has 0 atom stereocenters. The first kappa shape index (κ1) is 27.6. The molecule has 1 aliphatic carbocycles. The minimum absolute atomic E-state index is 0.395. The zero-order chi connectivity index (χ0) is 20.9. The summed E-state index contributed by atoms with van der Waals surface area (Å²) in [6.07, 6.45) is 9.37. The van der Waals surface area contributed by atoms with Gasteiger partial charge in [0.15, 0.2) is 0 Å². The van der Waals surface area contributed by atoms with Crippen molar-refractivity contribution in [3.8, 4) is 0 Å². The van der Waals surface area contributed by atoms with Crippen LogP contribution in [0.5, 0.6) is 0 Å². The van der Waals surface area contributed by atoms with E-state index < -0.39 is 7.92 Å². The second-order valence-electron chi connectivity index (χ2n) is 4.62. The van der Waals surface area contributed by atoms with Crippen LogP contribution in [0.15, 0.2) is 84.2 Å². The van der Waals surface area contributed by atoms with Gasteiger partial charge in [-0.1, -0.05) is 134 Å². The monoisotopic (exact) mass is 384 g/mol. The van der Waals surface area contributed by atoms with Crippen LogP contribution in [0, 0.1) is 0 Å². The van der Waals surface area contributed by atoms with Crippen molar-refractivity contribution in [2.75, 3.05) is 0 Å². The number of rotatable bonds is 3. The van der Waals surface area contributed by atoms with Gasteiger partial charge in [0.25, 0.3) is 0 Å². The molecule has 0 bridgehead atoms. The normalized spacial score (nSPS) is 11.1. The predicted molar refractivity (Wildman–Crippen MR) is 131 cm³/mol. The molecule has 0 aliphatic heterocycles. The van der Waals surface area contributed by atoms with Crippen LogP contribution in [0.4, 0.5) is 0 Å². The van der Waals surface area contributed by atoms with Crippen molar-refractivity contribution in [3.63, 3.8) is 0 Å². The average Bonchev–Trinajstić information content (AvgIpc) is 2.82. The highest BCUT2D eigenvalue weighted by molar-refractivity contribution is 7.77. The second kappa shape index (κ2) is 20.7. The van der Waals surface area contributed by atoms with Gasteiger partial charge in [0, 0.05) is 0 Å². The Kier molecular flexibility index (Phi) is 21.1. The van der Waals surface area contributed by atoms with Crippen molar-refractivity contribution in [1.82, 2.24) is 0 Å². The molecule has 0 aromatic heterocycles. The summed E-state index contributed by atoms with van der Waals surface area (Å²) in [6, 6.07) is 21.7. The Hall–Kier alpha value is -1.65. The van der Waals surface area contributed by atoms with Gasteiger partial charge >= 0.3 is 0 Å². The molecular weight excluding hydrogens is 343 g/mol. The molecule has 1 aliphatic rings. The van der Waals surface area contributed by atoms with Gasteiger partial charge in [0.05, 0.1) is 0 Å². The topological polar surface area (TPSA) is 0 Å². The lowest BCUT2D eigenvalue weighted by atomic mass is 10.2. The SMILES string of the molecule is C1=CC(P(c2ccccc2)c2ccccc2)=CCC1.CC.CC.CC.CC. The van der Waals surface area contributed by atoms with E-state index in [0.717, 1.165) is 0 Å². The lowest BCUT2D eigenvalue weighted by molar-refractivity contribution is 1.03. The van der Waals surface area contributed by atoms with Gasteiger partial charge in [-0.25, -0.2) is 0 Å². The number of benzene rings is 2. The van der Waals surface area contributed by atoms with Crippen molar-refractivity contribution >= 4 is 18.5 Å². The molecule has 150 valence electrons. The quantitative estimate of drug-likeness (QED) is 0.466. The van der Waals surface area contributed by atoms with E-state index >= 15 is 0 Å². The van der Waals surface area contributed by atoms with Crippen LogP contribution in [0.3, 0.4) is 0 Å². The highest BCUT2D eigenvalue weighted by Crippen LogP contribution is 2.44. The second-order valence-corrected chi connectivity index (χ2v) is 6.84. The standard InChI is InChI=1S/C18H17P.4C2H6/c1-4-10-16(11-5-1)19(17-12-6-2-7-13-17)18-14-8-3-9-15-18;4*1-2/h1-2,4-8,10-15H,3,9H2;4*1-2H3. The molecule has 2 aromatic rings. The maximum atomic E-state index is 2.41.